The molecule has 4 nitrogen and oxygen atoms in total. The fourth-order valence-electron chi connectivity index (χ4n) is 3.29. The van der Waals surface area contributed by atoms with Crippen molar-refractivity contribution in [1.82, 2.24) is 9.97 Å². The maximum Gasteiger partial charge on any atom is 0.325 e. The van der Waals surface area contributed by atoms with E-state index in [2.05, 4.69) is 16.9 Å². The van der Waals surface area contributed by atoms with Crippen molar-refractivity contribution >= 4 is 0 Å². The minimum absolute atomic E-state index is 0.227. The van der Waals surface area contributed by atoms with Gasteiger partial charge in [0.25, 0.3) is 5.56 Å². The Bertz CT molecular complexity index is 545. The molecule has 0 radical (unpaired) electrons. The highest BCUT2D eigenvalue weighted by Gasteiger charge is 2.06. The van der Waals surface area contributed by atoms with Gasteiger partial charge in [0.2, 0.25) is 0 Å². The first kappa shape index (κ1) is 20.7. The molecule has 0 aliphatic rings. The lowest BCUT2D eigenvalue weighted by molar-refractivity contribution is 0.543. The van der Waals surface area contributed by atoms with Gasteiger partial charge in [-0.3, -0.25) is 9.78 Å². The topological polar surface area (TPSA) is 65.7 Å². The van der Waals surface area contributed by atoms with Crippen LogP contribution in [0.2, 0.25) is 0 Å². The van der Waals surface area contributed by atoms with Crippen LogP contribution in [-0.4, -0.2) is 9.97 Å². The van der Waals surface area contributed by atoms with Crippen molar-refractivity contribution in [2.75, 3.05) is 0 Å². The highest BCUT2D eigenvalue weighted by molar-refractivity contribution is 5.16. The van der Waals surface area contributed by atoms with Crippen molar-refractivity contribution in [1.29, 1.82) is 0 Å². The summed E-state index contributed by atoms with van der Waals surface area (Å²) >= 11 is 0. The first-order valence-electron chi connectivity index (χ1n) is 10.0. The Morgan fingerprint density at radius 1 is 0.667 bits per heavy atom. The quantitative estimate of drug-likeness (QED) is 0.476. The molecule has 0 saturated carbocycles. The molecule has 0 aliphatic carbocycles. The molecular weight excluding hydrogens is 300 g/mol. The molecule has 1 aromatic heterocycles. The zero-order valence-electron chi connectivity index (χ0n) is 15.7. The second kappa shape index (κ2) is 13.0. The zero-order valence-corrected chi connectivity index (χ0v) is 15.7. The summed E-state index contributed by atoms with van der Waals surface area (Å²) in [6, 6.07) is 0. The van der Waals surface area contributed by atoms with E-state index in [9.17, 15) is 9.59 Å². The number of H-pyrrole nitrogens is 2. The summed E-state index contributed by atoms with van der Waals surface area (Å²) in [6.07, 6.45) is 17.3. The minimum atomic E-state index is -0.383. The van der Waals surface area contributed by atoms with Crippen LogP contribution in [0.15, 0.2) is 9.59 Å². The fraction of sp³-hybridized carbons (Fsp3) is 0.800. The molecule has 2 N–H and O–H groups in total. The lowest BCUT2D eigenvalue weighted by atomic mass is 10.0. The third-order valence-electron chi connectivity index (χ3n) is 4.76. The third-order valence-corrected chi connectivity index (χ3v) is 4.76. The summed E-state index contributed by atoms with van der Waals surface area (Å²) in [4.78, 5) is 28.2. The molecule has 0 bridgehead atoms. The maximum absolute atomic E-state index is 11.7. The van der Waals surface area contributed by atoms with Crippen LogP contribution in [0, 0.1) is 0 Å². The Kier molecular flexibility index (Phi) is 11.2. The fourth-order valence-corrected chi connectivity index (χ4v) is 3.29. The molecule has 0 unspecified atom stereocenters. The number of aromatic amines is 2. The van der Waals surface area contributed by atoms with E-state index in [0.717, 1.165) is 24.1 Å². The third kappa shape index (κ3) is 8.51. The molecule has 0 atom stereocenters. The molecule has 0 aliphatic heterocycles. The highest BCUT2D eigenvalue weighted by atomic mass is 16.2. The summed E-state index contributed by atoms with van der Waals surface area (Å²) in [6.45, 7) is 4.21. The Morgan fingerprint density at radius 3 is 1.67 bits per heavy atom. The number of aromatic nitrogens is 2. The average Bonchev–Trinajstić information content (AvgIpc) is 2.55. The van der Waals surface area contributed by atoms with E-state index in [1.165, 1.54) is 70.6 Å². The van der Waals surface area contributed by atoms with Gasteiger partial charge in [0.15, 0.2) is 0 Å². The van der Waals surface area contributed by atoms with Crippen LogP contribution >= 0.6 is 0 Å². The molecule has 0 fully saturated rings. The normalized spacial score (nSPS) is 11.1. The molecule has 0 amide bonds. The van der Waals surface area contributed by atoms with E-state index in [4.69, 9.17) is 0 Å². The molecule has 0 saturated heterocycles. The summed E-state index contributed by atoms with van der Waals surface area (Å²) in [5.74, 6) is 0. The van der Waals surface area contributed by atoms with Gasteiger partial charge in [0.05, 0.1) is 0 Å². The molecule has 0 spiro atoms. The Morgan fingerprint density at radius 2 is 1.17 bits per heavy atom. The number of nitrogens with one attached hydrogen (secondary N) is 2. The van der Waals surface area contributed by atoms with Crippen molar-refractivity contribution in [2.45, 2.75) is 104 Å². The molecular formula is C20H36N2O2. The average molecular weight is 337 g/mol. The number of hydrogen-bond acceptors (Lipinski definition) is 2. The van der Waals surface area contributed by atoms with E-state index in [-0.39, 0.29) is 11.2 Å². The maximum atomic E-state index is 11.7. The largest absolute Gasteiger partial charge is 0.325 e. The van der Waals surface area contributed by atoms with Crippen LogP contribution in [0.3, 0.4) is 0 Å². The van der Waals surface area contributed by atoms with Gasteiger partial charge in [-0.2, -0.15) is 0 Å². The number of unbranched alkanes of at least 4 members (excludes halogenated alkanes) is 11. The molecule has 1 heterocycles. The number of hydrogen-bond donors (Lipinski definition) is 2. The number of rotatable bonds is 14. The molecule has 4 heteroatoms. The summed E-state index contributed by atoms with van der Waals surface area (Å²) in [5.41, 5.74) is 0.956. The van der Waals surface area contributed by atoms with Gasteiger partial charge in [0.1, 0.15) is 0 Å². The summed E-state index contributed by atoms with van der Waals surface area (Å²) in [7, 11) is 0. The Balaban J connectivity index is 2.07. The molecule has 1 aromatic rings. The van der Waals surface area contributed by atoms with Crippen molar-refractivity contribution in [3.63, 3.8) is 0 Å². The van der Waals surface area contributed by atoms with Gasteiger partial charge in [-0.05, 0) is 19.3 Å². The van der Waals surface area contributed by atoms with Crippen LogP contribution in [-0.2, 0) is 12.8 Å². The van der Waals surface area contributed by atoms with Crippen LogP contribution < -0.4 is 11.2 Å². The lowest BCUT2D eigenvalue weighted by Gasteiger charge is -2.06. The minimum Gasteiger partial charge on any atom is -0.311 e. The molecule has 138 valence electrons. The Hall–Kier alpha value is -1.32. The van der Waals surface area contributed by atoms with Crippen molar-refractivity contribution in [3.05, 3.63) is 32.1 Å². The van der Waals surface area contributed by atoms with Crippen LogP contribution in [0.5, 0.6) is 0 Å². The molecule has 0 aromatic carbocycles. The monoisotopic (exact) mass is 336 g/mol. The predicted octanol–water partition coefficient (Wildman–Crippen LogP) is 4.87. The van der Waals surface area contributed by atoms with E-state index in [1.54, 1.807) is 0 Å². The van der Waals surface area contributed by atoms with Gasteiger partial charge < -0.3 is 4.98 Å². The van der Waals surface area contributed by atoms with Crippen molar-refractivity contribution in [3.8, 4) is 0 Å². The van der Waals surface area contributed by atoms with Gasteiger partial charge >= 0.3 is 5.69 Å². The van der Waals surface area contributed by atoms with Crippen molar-refractivity contribution < 1.29 is 0 Å². The van der Waals surface area contributed by atoms with Crippen LogP contribution in [0.25, 0.3) is 0 Å². The van der Waals surface area contributed by atoms with E-state index < -0.39 is 0 Å². The zero-order chi connectivity index (χ0) is 17.6. The van der Waals surface area contributed by atoms with Crippen LogP contribution in [0.1, 0.15) is 102 Å². The van der Waals surface area contributed by atoms with E-state index in [0.29, 0.717) is 6.42 Å². The second-order valence-electron chi connectivity index (χ2n) is 6.86. The second-order valence-corrected chi connectivity index (χ2v) is 6.86. The van der Waals surface area contributed by atoms with Crippen molar-refractivity contribution in [2.24, 2.45) is 0 Å². The lowest BCUT2D eigenvalue weighted by Crippen LogP contribution is -2.27. The van der Waals surface area contributed by atoms with Gasteiger partial charge in [-0.15, -0.1) is 0 Å². The highest BCUT2D eigenvalue weighted by Crippen LogP contribution is 2.13. The van der Waals surface area contributed by atoms with Crippen LogP contribution in [0.4, 0.5) is 0 Å². The van der Waals surface area contributed by atoms with E-state index >= 15 is 0 Å². The first-order chi connectivity index (χ1) is 11.7. The SMILES string of the molecule is CCCCCCCCCCCCCCc1[nH]c(=O)[nH]c(=O)c1CC. The summed E-state index contributed by atoms with van der Waals surface area (Å²) < 4.78 is 0. The molecule has 24 heavy (non-hydrogen) atoms. The van der Waals surface area contributed by atoms with E-state index in [1.807, 2.05) is 6.92 Å². The van der Waals surface area contributed by atoms with Gasteiger partial charge in [-0.25, -0.2) is 4.79 Å². The van der Waals surface area contributed by atoms with Gasteiger partial charge in [-0.1, -0.05) is 84.5 Å². The Labute approximate surface area is 146 Å². The molecule has 1 rings (SSSR count). The summed E-state index contributed by atoms with van der Waals surface area (Å²) in [5, 5.41) is 0. The van der Waals surface area contributed by atoms with Gasteiger partial charge in [0, 0.05) is 11.3 Å². The first-order valence-corrected chi connectivity index (χ1v) is 10.0. The number of aryl methyl sites for hydroxylation is 1. The smallest absolute Gasteiger partial charge is 0.311 e. The predicted molar refractivity (Wildman–Crippen MR) is 102 cm³/mol. The standard InChI is InChI=1S/C20H36N2O2/c1-3-5-6-7-8-9-10-11-12-13-14-15-16-18-17(4-2)19(23)22-20(24)21-18/h3-16H2,1-2H3,(H2,21,22,23,24).